The van der Waals surface area contributed by atoms with E-state index in [0.717, 1.165) is 55.8 Å². The maximum absolute atomic E-state index is 4.77. The molecule has 0 saturated carbocycles. The van der Waals surface area contributed by atoms with Gasteiger partial charge in [-0.15, -0.1) is 46.8 Å². The summed E-state index contributed by atoms with van der Waals surface area (Å²) in [5, 5.41) is 11.8. The molecule has 0 bridgehead atoms. The second-order valence-corrected chi connectivity index (χ2v) is 11.4. The molecule has 0 atom stereocenters. The molecule has 1 aliphatic rings. The van der Waals surface area contributed by atoms with Crippen LogP contribution in [0.5, 0.6) is 0 Å². The Kier molecular flexibility index (Phi) is 6.28. The molecule has 4 aromatic carbocycles. The Morgan fingerprint density at radius 2 is 1.08 bits per heavy atom. The van der Waals surface area contributed by atoms with Crippen LogP contribution < -0.4 is 0 Å². The van der Waals surface area contributed by atoms with Crippen molar-refractivity contribution in [3.8, 4) is 11.4 Å². The van der Waals surface area contributed by atoms with Gasteiger partial charge in [-0.25, -0.2) is 0 Å². The normalized spacial score (nSPS) is 14.8. The third-order valence-corrected chi connectivity index (χ3v) is 9.76. The second kappa shape index (κ2) is 9.58. The van der Waals surface area contributed by atoms with Crippen LogP contribution in [0.4, 0.5) is 0 Å². The van der Waals surface area contributed by atoms with Crippen molar-refractivity contribution in [2.24, 2.45) is 0 Å². The molecule has 0 amide bonds. The van der Waals surface area contributed by atoms with Crippen molar-refractivity contribution in [2.75, 3.05) is 11.5 Å². The Morgan fingerprint density at radius 3 is 1.56 bits per heavy atom. The topological polar surface area (TPSA) is 35.6 Å². The summed E-state index contributed by atoms with van der Waals surface area (Å²) >= 11 is 3.91. The van der Waals surface area contributed by atoms with E-state index in [2.05, 4.69) is 73.1 Å². The molecule has 0 N–H and O–H groups in total. The summed E-state index contributed by atoms with van der Waals surface area (Å²) in [4.78, 5) is 0. The molecule has 0 unspecified atom stereocenters. The first-order valence-electron chi connectivity index (χ1n) is 11.5. The first-order chi connectivity index (χ1) is 17.3. The minimum absolute atomic E-state index is 0. The number of thioether (sulfide) groups is 2. The Bertz CT molecular complexity index is 1500. The quantitative estimate of drug-likeness (QED) is 0.195. The van der Waals surface area contributed by atoms with Crippen LogP contribution in [0.3, 0.4) is 0 Å². The van der Waals surface area contributed by atoms with E-state index in [1.807, 2.05) is 69.3 Å². The molecule has 178 valence electrons. The zero-order valence-corrected chi connectivity index (χ0v) is 23.0. The van der Waals surface area contributed by atoms with E-state index in [4.69, 9.17) is 10.2 Å². The van der Waals surface area contributed by atoms with Crippen molar-refractivity contribution in [3.63, 3.8) is 0 Å². The average Bonchev–Trinajstić information content (AvgIpc) is 3.67. The van der Waals surface area contributed by atoms with Gasteiger partial charge in [-0.3, -0.25) is 9.36 Å². The fourth-order valence-corrected chi connectivity index (χ4v) is 7.78. The zero-order chi connectivity index (χ0) is 23.2. The number of fused-ring (bicyclic) bond motifs is 2. The molecule has 0 radical (unpaired) electrons. The van der Waals surface area contributed by atoms with E-state index >= 15 is 0 Å². The molecule has 4 nitrogen and oxygen atoms in total. The smallest absolute Gasteiger partial charge is 0.264 e. The minimum Gasteiger partial charge on any atom is -0.264 e. The summed E-state index contributed by atoms with van der Waals surface area (Å²) in [6.45, 7) is 0. The van der Waals surface area contributed by atoms with Gasteiger partial charge in [0, 0.05) is 34.7 Å². The summed E-state index contributed by atoms with van der Waals surface area (Å²) < 4.78 is 3.59. The van der Waals surface area contributed by atoms with Gasteiger partial charge in [0.25, 0.3) is 0 Å². The van der Waals surface area contributed by atoms with Crippen LogP contribution in [-0.4, -0.2) is 31.1 Å². The average molecular weight is 684 g/mol. The fraction of sp³-hybridized carbons (Fsp3) is 0.103. The largest absolute Gasteiger partial charge is 2.00 e. The summed E-state index contributed by atoms with van der Waals surface area (Å²) in [6, 6.07) is 36.5. The van der Waals surface area contributed by atoms with Gasteiger partial charge >= 0.3 is 21.1 Å². The molecule has 7 rings (SSSR count). The van der Waals surface area contributed by atoms with E-state index < -0.39 is 0 Å². The third-order valence-electron chi connectivity index (χ3n) is 6.28. The predicted molar refractivity (Wildman–Crippen MR) is 146 cm³/mol. The van der Waals surface area contributed by atoms with Crippen molar-refractivity contribution >= 4 is 45.3 Å². The van der Waals surface area contributed by atoms with Crippen LogP contribution in [0.1, 0.15) is 11.1 Å². The first kappa shape index (κ1) is 23.6. The van der Waals surface area contributed by atoms with Gasteiger partial charge in [-0.05, 0) is 23.5 Å². The molecule has 1 aliphatic heterocycles. The van der Waals surface area contributed by atoms with Gasteiger partial charge in [-0.1, -0.05) is 36.4 Å². The van der Waals surface area contributed by atoms with Crippen molar-refractivity contribution < 1.29 is 21.1 Å². The molecule has 1 saturated heterocycles. The van der Waals surface area contributed by atoms with Crippen LogP contribution >= 0.6 is 23.5 Å². The number of rotatable bonds is 4. The number of nitrogens with zero attached hydrogens (tertiary/aromatic N) is 4. The Hall–Kier alpha value is -2.79. The Labute approximate surface area is 232 Å². The van der Waals surface area contributed by atoms with Gasteiger partial charge < -0.3 is 0 Å². The SMILES string of the molecule is [Pt+2].[c-]1c(-n2cc3ccccc3n2)cccc1C1(c2[c-]c(-n3cc4ccccc4n3)ccc2)SCCS1. The van der Waals surface area contributed by atoms with Gasteiger partial charge in [-0.2, -0.15) is 46.6 Å². The molecule has 0 aliphatic carbocycles. The zero-order valence-electron chi connectivity index (χ0n) is 19.1. The van der Waals surface area contributed by atoms with E-state index in [9.17, 15) is 0 Å². The van der Waals surface area contributed by atoms with E-state index in [0.29, 0.717) is 0 Å². The Morgan fingerprint density at radius 1 is 0.611 bits per heavy atom. The fourth-order valence-electron chi connectivity index (χ4n) is 4.61. The van der Waals surface area contributed by atoms with E-state index in [1.54, 1.807) is 0 Å². The number of aromatic nitrogens is 4. The molecular formula is C29H20N4PtS2. The van der Waals surface area contributed by atoms with Crippen molar-refractivity contribution in [2.45, 2.75) is 4.08 Å². The van der Waals surface area contributed by atoms with Crippen LogP contribution in [0.2, 0.25) is 0 Å². The molecular weight excluding hydrogens is 664 g/mol. The van der Waals surface area contributed by atoms with E-state index in [1.165, 1.54) is 0 Å². The van der Waals surface area contributed by atoms with Gasteiger partial charge in [0.15, 0.2) is 0 Å². The predicted octanol–water partition coefficient (Wildman–Crippen LogP) is 6.64. The van der Waals surface area contributed by atoms with Gasteiger partial charge in [0.05, 0.1) is 15.1 Å². The number of hydrogen-bond donors (Lipinski definition) is 0. The molecule has 36 heavy (non-hydrogen) atoms. The standard InChI is InChI=1S/C29H20N4S2.Pt/c1-3-13-27-21(7-1)19-32(30-27)25-11-5-9-23(17-25)29(34-15-16-35-29)24-10-6-12-26(18-24)33-20-22-8-2-4-14-28(22)31-33;/h1-14,19-20H,15-16H2;/q-2;+2. The van der Waals surface area contributed by atoms with Gasteiger partial charge in [0.1, 0.15) is 0 Å². The van der Waals surface area contributed by atoms with E-state index in [-0.39, 0.29) is 25.1 Å². The number of benzene rings is 4. The maximum Gasteiger partial charge on any atom is 2.00 e. The molecule has 7 heteroatoms. The summed E-state index contributed by atoms with van der Waals surface area (Å²) in [6.07, 6.45) is 4.14. The molecule has 1 fully saturated rings. The molecule has 6 aromatic rings. The summed E-state index contributed by atoms with van der Waals surface area (Å²) in [5.41, 5.74) is 6.14. The van der Waals surface area contributed by atoms with Crippen LogP contribution in [-0.2, 0) is 25.1 Å². The van der Waals surface area contributed by atoms with Crippen molar-refractivity contribution in [1.82, 2.24) is 19.6 Å². The second-order valence-electron chi connectivity index (χ2n) is 8.48. The molecule has 2 aromatic heterocycles. The maximum atomic E-state index is 4.77. The van der Waals surface area contributed by atoms with Crippen molar-refractivity contribution in [1.29, 1.82) is 0 Å². The Balaban J connectivity index is 0.00000240. The summed E-state index contributed by atoms with van der Waals surface area (Å²) in [7, 11) is 0. The van der Waals surface area contributed by atoms with Crippen molar-refractivity contribution in [3.05, 3.63) is 121 Å². The van der Waals surface area contributed by atoms with Crippen LogP contribution in [0, 0.1) is 12.1 Å². The molecule has 0 spiro atoms. The van der Waals surface area contributed by atoms with Gasteiger partial charge in [0.2, 0.25) is 0 Å². The monoisotopic (exact) mass is 683 g/mol. The number of hydrogen-bond acceptors (Lipinski definition) is 4. The summed E-state index contributed by atoms with van der Waals surface area (Å²) in [5.74, 6) is 2.16. The third kappa shape index (κ3) is 4.02. The molecule has 3 heterocycles. The van der Waals surface area contributed by atoms with Crippen LogP contribution in [0.25, 0.3) is 33.2 Å². The minimum atomic E-state index is -0.273. The van der Waals surface area contributed by atoms with Crippen LogP contribution in [0.15, 0.2) is 97.3 Å². The first-order valence-corrected chi connectivity index (χ1v) is 13.5.